The van der Waals surface area contributed by atoms with Crippen LogP contribution in [0.1, 0.15) is 45.9 Å². The van der Waals surface area contributed by atoms with E-state index in [1.807, 2.05) is 43.3 Å². The van der Waals surface area contributed by atoms with E-state index in [1.54, 1.807) is 23.1 Å². The van der Waals surface area contributed by atoms with E-state index in [0.29, 0.717) is 48.5 Å². The summed E-state index contributed by atoms with van der Waals surface area (Å²) in [5.41, 5.74) is 3.85. The molecule has 4 heterocycles. The number of amides is 1. The highest BCUT2D eigenvalue weighted by Crippen LogP contribution is 2.32. The highest BCUT2D eigenvalue weighted by atomic mass is 32.2. The van der Waals surface area contributed by atoms with Crippen molar-refractivity contribution in [3.63, 3.8) is 0 Å². The molecule has 6 rings (SSSR count). The van der Waals surface area contributed by atoms with Gasteiger partial charge in [0.1, 0.15) is 11.4 Å². The Balaban J connectivity index is 1.25. The topological polar surface area (TPSA) is 138 Å². The van der Waals surface area contributed by atoms with Crippen LogP contribution >= 0.6 is 0 Å². The largest absolute Gasteiger partial charge is 0.306 e. The first-order chi connectivity index (χ1) is 19.8. The number of aryl methyl sites for hydroxylation is 1. The average Bonchev–Trinajstić information content (AvgIpc) is 3.62. The third kappa shape index (κ3) is 5.08. The molecule has 0 atom stereocenters. The predicted molar refractivity (Wildman–Crippen MR) is 151 cm³/mol. The predicted octanol–water partition coefficient (Wildman–Crippen LogP) is 3.92. The van der Waals surface area contributed by atoms with Gasteiger partial charge < -0.3 is 5.32 Å². The van der Waals surface area contributed by atoms with Crippen LogP contribution in [0.15, 0.2) is 84.1 Å². The Morgan fingerprint density at radius 1 is 1.07 bits per heavy atom. The standard InChI is InChI=1S/C29H26N8O3S/c1-20-3-7-23(8-4-20)37-27(33-29(38)25-19-32-36-14-2-13-31-28(25)36)17-26(34-37)22-11-15-35(16-12-22)41(39,40)24-9-5-21(18-30)6-10-24/h2-10,13-14,17,19,22H,11-12,15-16H2,1H3,(H,33,38). The molecule has 1 aliphatic heterocycles. The Hall–Kier alpha value is -4.86. The fourth-order valence-corrected chi connectivity index (χ4v) is 6.45. The fourth-order valence-electron chi connectivity index (χ4n) is 4.98. The fraction of sp³-hybridized carbons (Fsp3) is 0.207. The summed E-state index contributed by atoms with van der Waals surface area (Å²) < 4.78 is 31.1. The summed E-state index contributed by atoms with van der Waals surface area (Å²) in [7, 11) is -3.67. The summed E-state index contributed by atoms with van der Waals surface area (Å²) in [6.07, 6.45) is 5.96. The molecule has 0 aliphatic carbocycles. The molecule has 0 radical (unpaired) electrons. The first kappa shape index (κ1) is 26.4. The molecule has 3 aromatic heterocycles. The molecule has 1 saturated heterocycles. The zero-order valence-electron chi connectivity index (χ0n) is 22.2. The molecule has 0 saturated carbocycles. The maximum absolute atomic E-state index is 13.3. The van der Waals surface area contributed by atoms with Crippen LogP contribution in [0.4, 0.5) is 5.82 Å². The van der Waals surface area contributed by atoms with E-state index in [-0.39, 0.29) is 16.7 Å². The maximum Gasteiger partial charge on any atom is 0.262 e. The zero-order chi connectivity index (χ0) is 28.6. The Morgan fingerprint density at radius 3 is 2.51 bits per heavy atom. The molecular weight excluding hydrogens is 540 g/mol. The molecule has 5 aromatic rings. The van der Waals surface area contributed by atoms with Crippen LogP contribution in [-0.4, -0.2) is 56.1 Å². The van der Waals surface area contributed by atoms with Crippen molar-refractivity contribution in [1.29, 1.82) is 5.26 Å². The number of benzene rings is 2. The number of carbonyl (C=O) groups excluding carboxylic acids is 1. The van der Waals surface area contributed by atoms with Crippen LogP contribution in [0.5, 0.6) is 0 Å². The van der Waals surface area contributed by atoms with Crippen molar-refractivity contribution >= 4 is 27.4 Å². The third-order valence-electron chi connectivity index (χ3n) is 7.27. The number of nitriles is 1. The summed E-state index contributed by atoms with van der Waals surface area (Å²) in [5, 5.41) is 21.1. The van der Waals surface area contributed by atoms with Gasteiger partial charge in [-0.1, -0.05) is 17.7 Å². The number of piperidine rings is 1. The summed E-state index contributed by atoms with van der Waals surface area (Å²) in [5.74, 6) is 0.141. The van der Waals surface area contributed by atoms with Gasteiger partial charge in [0, 0.05) is 37.5 Å². The Labute approximate surface area is 236 Å². The minimum atomic E-state index is -3.67. The number of hydrogen-bond acceptors (Lipinski definition) is 7. The van der Waals surface area contributed by atoms with Gasteiger partial charge >= 0.3 is 0 Å². The van der Waals surface area contributed by atoms with Crippen LogP contribution < -0.4 is 5.32 Å². The van der Waals surface area contributed by atoms with Gasteiger partial charge in [-0.05, 0) is 62.2 Å². The van der Waals surface area contributed by atoms with Gasteiger partial charge in [0.15, 0.2) is 5.65 Å². The lowest BCUT2D eigenvalue weighted by Gasteiger charge is -2.30. The number of hydrogen-bond donors (Lipinski definition) is 1. The number of nitrogens with one attached hydrogen (secondary N) is 1. The first-order valence-electron chi connectivity index (χ1n) is 13.1. The Bertz CT molecular complexity index is 1880. The van der Waals surface area contributed by atoms with Crippen LogP contribution in [0.2, 0.25) is 0 Å². The van der Waals surface area contributed by atoms with Crippen LogP contribution in [0.3, 0.4) is 0 Å². The summed E-state index contributed by atoms with van der Waals surface area (Å²) in [6.45, 7) is 2.67. The Morgan fingerprint density at radius 2 is 1.80 bits per heavy atom. The third-order valence-corrected chi connectivity index (χ3v) is 9.18. The van der Waals surface area contributed by atoms with E-state index in [1.165, 1.54) is 39.3 Å². The zero-order valence-corrected chi connectivity index (χ0v) is 23.0. The molecule has 1 N–H and O–H groups in total. The van der Waals surface area contributed by atoms with Crippen molar-refractivity contribution in [1.82, 2.24) is 28.7 Å². The number of nitrogens with zero attached hydrogens (tertiary/aromatic N) is 7. The van der Waals surface area contributed by atoms with E-state index < -0.39 is 10.0 Å². The molecular formula is C29H26N8O3S. The van der Waals surface area contributed by atoms with Crippen molar-refractivity contribution in [3.8, 4) is 11.8 Å². The summed E-state index contributed by atoms with van der Waals surface area (Å²) >= 11 is 0. The van der Waals surface area contributed by atoms with Crippen molar-refractivity contribution in [2.45, 2.75) is 30.6 Å². The van der Waals surface area contributed by atoms with Crippen LogP contribution in [0.25, 0.3) is 11.3 Å². The van der Waals surface area contributed by atoms with E-state index in [0.717, 1.165) is 16.9 Å². The van der Waals surface area contributed by atoms with Crippen LogP contribution in [-0.2, 0) is 10.0 Å². The van der Waals surface area contributed by atoms with Gasteiger partial charge in [-0.3, -0.25) is 4.79 Å². The van der Waals surface area contributed by atoms with Gasteiger partial charge in [0.2, 0.25) is 10.0 Å². The van der Waals surface area contributed by atoms with E-state index in [4.69, 9.17) is 10.4 Å². The smallest absolute Gasteiger partial charge is 0.262 e. The van der Waals surface area contributed by atoms with E-state index in [9.17, 15) is 13.2 Å². The number of anilines is 1. The molecule has 2 aromatic carbocycles. The van der Waals surface area contributed by atoms with E-state index >= 15 is 0 Å². The molecule has 1 amide bonds. The molecule has 0 bridgehead atoms. The molecule has 12 heteroatoms. The monoisotopic (exact) mass is 566 g/mol. The first-order valence-corrected chi connectivity index (χ1v) is 14.5. The van der Waals surface area contributed by atoms with Gasteiger partial charge in [0.05, 0.1) is 34.1 Å². The second-order valence-corrected chi connectivity index (χ2v) is 11.9. The SMILES string of the molecule is Cc1ccc(-n2nc(C3CCN(S(=O)(=O)c4ccc(C#N)cc4)CC3)cc2NC(=O)c2cnn3cccnc23)cc1. The lowest BCUT2D eigenvalue weighted by Crippen LogP contribution is -2.38. The van der Waals surface area contributed by atoms with Crippen LogP contribution in [0, 0.1) is 18.3 Å². The van der Waals surface area contributed by atoms with Crippen molar-refractivity contribution in [3.05, 3.63) is 102 Å². The van der Waals surface area contributed by atoms with E-state index in [2.05, 4.69) is 15.4 Å². The normalized spacial score (nSPS) is 14.6. The lowest BCUT2D eigenvalue weighted by molar-refractivity contribution is 0.102. The number of rotatable bonds is 6. The van der Waals surface area contributed by atoms with Gasteiger partial charge in [-0.2, -0.15) is 19.8 Å². The quantitative estimate of drug-likeness (QED) is 0.329. The van der Waals surface area contributed by atoms with Gasteiger partial charge in [-0.15, -0.1) is 0 Å². The molecule has 0 unspecified atom stereocenters. The molecule has 1 fully saturated rings. The number of aromatic nitrogens is 5. The minimum absolute atomic E-state index is 0.00316. The molecule has 41 heavy (non-hydrogen) atoms. The lowest BCUT2D eigenvalue weighted by atomic mass is 9.95. The minimum Gasteiger partial charge on any atom is -0.306 e. The second-order valence-electron chi connectivity index (χ2n) is 9.92. The van der Waals surface area contributed by atoms with Crippen molar-refractivity contribution in [2.24, 2.45) is 0 Å². The number of sulfonamides is 1. The Kier molecular flexibility index (Phi) is 6.82. The maximum atomic E-state index is 13.3. The van der Waals surface area contributed by atoms with Gasteiger partial charge in [-0.25, -0.2) is 22.6 Å². The second kappa shape index (κ2) is 10.6. The summed E-state index contributed by atoms with van der Waals surface area (Å²) in [6, 6.07) is 19.4. The molecule has 206 valence electrons. The highest BCUT2D eigenvalue weighted by Gasteiger charge is 2.31. The molecule has 1 aliphatic rings. The van der Waals surface area contributed by atoms with Crippen molar-refractivity contribution in [2.75, 3.05) is 18.4 Å². The van der Waals surface area contributed by atoms with Crippen molar-refractivity contribution < 1.29 is 13.2 Å². The molecule has 0 spiro atoms. The average molecular weight is 567 g/mol. The number of carbonyl (C=O) groups is 1. The number of fused-ring (bicyclic) bond motifs is 1. The molecule has 11 nitrogen and oxygen atoms in total. The summed E-state index contributed by atoms with van der Waals surface area (Å²) in [4.78, 5) is 17.8. The van der Waals surface area contributed by atoms with Gasteiger partial charge in [0.25, 0.3) is 5.91 Å². The highest BCUT2D eigenvalue weighted by molar-refractivity contribution is 7.89.